The van der Waals surface area contributed by atoms with Crippen LogP contribution in [-0.4, -0.2) is 27.2 Å². The van der Waals surface area contributed by atoms with E-state index >= 15 is 0 Å². The van der Waals surface area contributed by atoms with Gasteiger partial charge in [0.25, 0.3) is 0 Å². The minimum absolute atomic E-state index is 0.239. The lowest BCUT2D eigenvalue weighted by Gasteiger charge is -2.07. The maximum atomic E-state index is 12.8. The summed E-state index contributed by atoms with van der Waals surface area (Å²) in [6, 6.07) is 11.8. The van der Waals surface area contributed by atoms with Crippen LogP contribution < -0.4 is 4.74 Å². The number of fused-ring (bicyclic) bond motifs is 1. The number of aromatic nitrogens is 2. The van der Waals surface area contributed by atoms with Gasteiger partial charge in [-0.25, -0.2) is 9.78 Å². The highest BCUT2D eigenvalue weighted by Gasteiger charge is 2.30. The largest absolute Gasteiger partial charge is 0.482 e. The Morgan fingerprint density at radius 2 is 1.90 bits per heavy atom. The molecule has 0 radical (unpaired) electrons. The van der Waals surface area contributed by atoms with Crippen LogP contribution in [0.2, 0.25) is 0 Å². The molecule has 160 valence electrons. The molecule has 6 nitrogen and oxygen atoms in total. The van der Waals surface area contributed by atoms with Crippen LogP contribution in [0.4, 0.5) is 13.2 Å². The van der Waals surface area contributed by atoms with Crippen molar-refractivity contribution in [3.8, 4) is 17.2 Å². The minimum Gasteiger partial charge on any atom is -0.482 e. The molecule has 2 heterocycles. The van der Waals surface area contributed by atoms with Gasteiger partial charge in [0.2, 0.25) is 5.89 Å². The molecule has 0 atom stereocenters. The number of rotatable bonds is 6. The molecule has 0 saturated carbocycles. The second-order valence-corrected chi connectivity index (χ2v) is 6.95. The first-order chi connectivity index (χ1) is 14.7. The third-order valence-electron chi connectivity index (χ3n) is 4.77. The summed E-state index contributed by atoms with van der Waals surface area (Å²) in [5.74, 6) is 0.158. The Morgan fingerprint density at radius 1 is 1.16 bits per heavy atom. The summed E-state index contributed by atoms with van der Waals surface area (Å²) in [5, 5.41) is 9.71. The van der Waals surface area contributed by atoms with Gasteiger partial charge >= 0.3 is 12.1 Å². The third-order valence-corrected chi connectivity index (χ3v) is 4.77. The van der Waals surface area contributed by atoms with E-state index in [4.69, 9.17) is 14.3 Å². The highest BCUT2D eigenvalue weighted by atomic mass is 19.4. The fourth-order valence-electron chi connectivity index (χ4n) is 3.19. The van der Waals surface area contributed by atoms with Crippen molar-refractivity contribution >= 4 is 16.9 Å². The van der Waals surface area contributed by atoms with Gasteiger partial charge in [-0.3, -0.25) is 0 Å². The average Bonchev–Trinajstić information content (AvgIpc) is 3.29. The highest BCUT2D eigenvalue weighted by molar-refractivity contribution is 5.82. The number of nitrogens with zero attached hydrogens (tertiary/aromatic N) is 2. The van der Waals surface area contributed by atoms with Crippen LogP contribution in [0, 0.1) is 6.92 Å². The smallest absolute Gasteiger partial charge is 0.416 e. The number of benzene rings is 2. The van der Waals surface area contributed by atoms with Gasteiger partial charge in [0.05, 0.1) is 23.3 Å². The van der Waals surface area contributed by atoms with Crippen LogP contribution in [0.5, 0.6) is 5.75 Å². The van der Waals surface area contributed by atoms with E-state index < -0.39 is 24.3 Å². The van der Waals surface area contributed by atoms with Gasteiger partial charge in [-0.15, -0.1) is 0 Å². The molecule has 0 spiro atoms. The lowest BCUT2D eigenvalue weighted by molar-refractivity contribution is -0.139. The number of hydrogen-bond acceptors (Lipinski definition) is 4. The van der Waals surface area contributed by atoms with Gasteiger partial charge in [0, 0.05) is 17.8 Å². The fraction of sp³-hybridized carbons (Fsp3) is 0.182. The van der Waals surface area contributed by atoms with Gasteiger partial charge in [0.1, 0.15) is 11.5 Å². The zero-order valence-corrected chi connectivity index (χ0v) is 16.3. The molecule has 4 rings (SSSR count). The number of ether oxygens (including phenoxy) is 1. The summed E-state index contributed by atoms with van der Waals surface area (Å²) in [6.07, 6.45) is -2.55. The van der Waals surface area contributed by atoms with E-state index in [2.05, 4.69) is 4.98 Å². The predicted octanol–water partition coefficient (Wildman–Crippen LogP) is 5.14. The molecule has 9 heteroatoms. The van der Waals surface area contributed by atoms with Crippen LogP contribution in [-0.2, 0) is 17.5 Å². The molecule has 2 aromatic heterocycles. The number of aliphatic carboxylic acids is 1. The lowest BCUT2D eigenvalue weighted by atomic mass is 10.1. The molecule has 0 saturated heterocycles. The van der Waals surface area contributed by atoms with E-state index in [0.717, 1.165) is 23.0 Å². The first-order valence-corrected chi connectivity index (χ1v) is 9.28. The van der Waals surface area contributed by atoms with Crippen molar-refractivity contribution in [3.05, 3.63) is 71.7 Å². The van der Waals surface area contributed by atoms with Crippen LogP contribution in [0.15, 0.2) is 59.1 Å². The van der Waals surface area contributed by atoms with E-state index in [1.807, 2.05) is 22.9 Å². The number of carboxylic acids is 1. The van der Waals surface area contributed by atoms with Gasteiger partial charge in [-0.1, -0.05) is 0 Å². The van der Waals surface area contributed by atoms with E-state index in [0.29, 0.717) is 29.3 Å². The summed E-state index contributed by atoms with van der Waals surface area (Å²) < 4.78 is 51.3. The second kappa shape index (κ2) is 7.82. The molecule has 0 amide bonds. The Kier molecular flexibility index (Phi) is 5.18. The summed E-state index contributed by atoms with van der Waals surface area (Å²) in [7, 11) is 0. The van der Waals surface area contributed by atoms with Crippen LogP contribution in [0.25, 0.3) is 22.4 Å². The standard InChI is InChI=1S/C22H17F3N2O4/c1-13-19(31-21(26-13)15-2-5-16(6-3-15)22(23,24)25)11-27-9-8-14-4-7-17(10-18(14)27)30-12-20(28)29/h2-10H,11-12H2,1H3,(H,28,29). The van der Waals surface area contributed by atoms with E-state index in [-0.39, 0.29) is 5.89 Å². The summed E-state index contributed by atoms with van der Waals surface area (Å²) in [5.41, 5.74) is 1.15. The zero-order chi connectivity index (χ0) is 22.2. The Morgan fingerprint density at radius 3 is 2.58 bits per heavy atom. The monoisotopic (exact) mass is 430 g/mol. The number of carboxylic acid groups (broad SMARTS) is 1. The number of alkyl halides is 3. The molecule has 1 N–H and O–H groups in total. The molecule has 31 heavy (non-hydrogen) atoms. The van der Waals surface area contributed by atoms with E-state index in [9.17, 15) is 18.0 Å². The zero-order valence-electron chi connectivity index (χ0n) is 16.3. The molecule has 0 bridgehead atoms. The van der Waals surface area contributed by atoms with Gasteiger partial charge < -0.3 is 18.8 Å². The topological polar surface area (TPSA) is 77.5 Å². The Hall–Kier alpha value is -3.75. The first kappa shape index (κ1) is 20.5. The van der Waals surface area contributed by atoms with Crippen molar-refractivity contribution in [1.82, 2.24) is 9.55 Å². The molecule has 0 unspecified atom stereocenters. The van der Waals surface area contributed by atoms with Crippen molar-refractivity contribution in [3.63, 3.8) is 0 Å². The van der Waals surface area contributed by atoms with Crippen LogP contribution in [0.3, 0.4) is 0 Å². The molecule has 2 aromatic carbocycles. The number of halogens is 3. The highest BCUT2D eigenvalue weighted by Crippen LogP contribution is 2.31. The van der Waals surface area contributed by atoms with Crippen molar-refractivity contribution in [2.45, 2.75) is 19.6 Å². The maximum absolute atomic E-state index is 12.8. The van der Waals surface area contributed by atoms with Crippen molar-refractivity contribution in [2.75, 3.05) is 6.61 Å². The SMILES string of the molecule is Cc1nc(-c2ccc(C(F)(F)F)cc2)oc1Cn1ccc2ccc(OCC(=O)O)cc21. The van der Waals surface area contributed by atoms with Crippen LogP contribution in [0.1, 0.15) is 17.0 Å². The normalized spacial score (nSPS) is 11.7. The molecule has 0 aliphatic carbocycles. The van der Waals surface area contributed by atoms with Crippen LogP contribution >= 0.6 is 0 Å². The predicted molar refractivity (Wildman–Crippen MR) is 106 cm³/mol. The maximum Gasteiger partial charge on any atom is 0.416 e. The number of oxazole rings is 1. The molecular formula is C22H17F3N2O4. The van der Waals surface area contributed by atoms with Crippen molar-refractivity contribution < 1.29 is 32.2 Å². The van der Waals surface area contributed by atoms with E-state index in [1.165, 1.54) is 12.1 Å². The summed E-state index contributed by atoms with van der Waals surface area (Å²) in [6.45, 7) is 1.66. The molecular weight excluding hydrogens is 413 g/mol. The third kappa shape index (κ3) is 4.40. The Bertz CT molecular complexity index is 1240. The fourth-order valence-corrected chi connectivity index (χ4v) is 3.19. The van der Waals surface area contributed by atoms with Gasteiger partial charge in [0.15, 0.2) is 6.61 Å². The molecule has 4 aromatic rings. The number of hydrogen-bond donors (Lipinski definition) is 1. The molecule has 0 aliphatic heterocycles. The second-order valence-electron chi connectivity index (χ2n) is 6.95. The first-order valence-electron chi connectivity index (χ1n) is 9.28. The quantitative estimate of drug-likeness (QED) is 0.459. The summed E-state index contributed by atoms with van der Waals surface area (Å²) >= 11 is 0. The Balaban J connectivity index is 1.59. The number of aryl methyl sites for hydroxylation is 1. The number of carbonyl (C=O) groups is 1. The molecule has 0 aliphatic rings. The minimum atomic E-state index is -4.40. The van der Waals surface area contributed by atoms with E-state index in [1.54, 1.807) is 19.1 Å². The molecule has 0 fully saturated rings. The van der Waals surface area contributed by atoms with Gasteiger partial charge in [-0.05, 0) is 54.8 Å². The van der Waals surface area contributed by atoms with Crippen molar-refractivity contribution in [1.29, 1.82) is 0 Å². The van der Waals surface area contributed by atoms with Gasteiger partial charge in [-0.2, -0.15) is 13.2 Å². The lowest BCUT2D eigenvalue weighted by Crippen LogP contribution is -2.09. The summed E-state index contributed by atoms with van der Waals surface area (Å²) in [4.78, 5) is 15.1. The average molecular weight is 430 g/mol. The van der Waals surface area contributed by atoms with Crippen molar-refractivity contribution in [2.24, 2.45) is 0 Å². The Labute approximate surface area is 174 Å².